The third kappa shape index (κ3) is 6.17. The highest BCUT2D eigenvalue weighted by Crippen LogP contribution is 2.10. The van der Waals surface area contributed by atoms with Gasteiger partial charge in [0.05, 0.1) is 6.42 Å². The van der Waals surface area contributed by atoms with E-state index in [4.69, 9.17) is 5.11 Å². The van der Waals surface area contributed by atoms with Crippen LogP contribution in [0.5, 0.6) is 0 Å². The van der Waals surface area contributed by atoms with Gasteiger partial charge in [-0.05, 0) is 36.5 Å². The van der Waals surface area contributed by atoms with Crippen molar-refractivity contribution < 1.29 is 9.90 Å². The minimum absolute atomic E-state index is 0.0500. The van der Waals surface area contributed by atoms with Crippen molar-refractivity contribution in [2.24, 2.45) is 5.92 Å². The Kier molecular flexibility index (Phi) is 6.98. The summed E-state index contributed by atoms with van der Waals surface area (Å²) in [5.74, 6) is 0.363. The first kappa shape index (κ1) is 15.2. The molecule has 2 N–H and O–H groups in total. The predicted octanol–water partition coefficient (Wildman–Crippen LogP) is 2.52. The van der Waals surface area contributed by atoms with Crippen LogP contribution in [-0.2, 0) is 11.2 Å². The Labute approximate surface area is 117 Å². The number of rotatable bonds is 7. The molecule has 1 unspecified atom stereocenters. The molecule has 0 aliphatic rings. The molecule has 0 aliphatic heterocycles. The maximum Gasteiger partial charge on any atom is 0.224 e. The molecule has 18 heavy (non-hydrogen) atoms. The lowest BCUT2D eigenvalue weighted by Gasteiger charge is -2.08. The number of carbonyl (C=O) groups is 1. The maximum atomic E-state index is 11.6. The summed E-state index contributed by atoms with van der Waals surface area (Å²) in [6.07, 6.45) is 2.27. The molecule has 0 saturated heterocycles. The predicted molar refractivity (Wildman–Crippen MR) is 76.3 cm³/mol. The number of carbonyl (C=O) groups excluding carboxylic acids is 1. The first-order valence-corrected chi connectivity index (χ1v) is 7.03. The summed E-state index contributed by atoms with van der Waals surface area (Å²) in [5, 5.41) is 11.8. The molecule has 0 fully saturated rings. The fourth-order valence-electron chi connectivity index (χ4n) is 1.62. The third-order valence-electron chi connectivity index (χ3n) is 2.79. The van der Waals surface area contributed by atoms with Crippen LogP contribution in [0.1, 0.15) is 25.3 Å². The average molecular weight is 314 g/mol. The fourth-order valence-corrected chi connectivity index (χ4v) is 1.88. The van der Waals surface area contributed by atoms with Gasteiger partial charge in [0, 0.05) is 17.6 Å². The normalized spacial score (nSPS) is 12.2. The zero-order valence-electron chi connectivity index (χ0n) is 10.7. The van der Waals surface area contributed by atoms with Crippen LogP contribution in [0, 0.1) is 5.92 Å². The number of hydrogen-bond donors (Lipinski definition) is 2. The van der Waals surface area contributed by atoms with Crippen LogP contribution >= 0.6 is 15.9 Å². The summed E-state index contributed by atoms with van der Waals surface area (Å²) < 4.78 is 1.02. The number of halogens is 1. The van der Waals surface area contributed by atoms with E-state index in [0.29, 0.717) is 18.9 Å². The highest BCUT2D eigenvalue weighted by Gasteiger charge is 2.04. The van der Waals surface area contributed by atoms with Crippen LogP contribution in [0.25, 0.3) is 0 Å². The van der Waals surface area contributed by atoms with Gasteiger partial charge in [0.15, 0.2) is 0 Å². The molecule has 0 spiro atoms. The lowest BCUT2D eigenvalue weighted by atomic mass is 10.1. The topological polar surface area (TPSA) is 49.3 Å². The SMILES string of the molecule is CC(CO)CCCNC(=O)Cc1ccc(Br)cc1. The Balaban J connectivity index is 2.19. The van der Waals surface area contributed by atoms with Crippen LogP contribution in [0.4, 0.5) is 0 Å². The molecule has 0 radical (unpaired) electrons. The minimum atomic E-state index is 0.0500. The second-order valence-corrected chi connectivity index (χ2v) is 5.50. The first-order valence-electron chi connectivity index (χ1n) is 6.24. The Hall–Kier alpha value is -0.870. The lowest BCUT2D eigenvalue weighted by Crippen LogP contribution is -2.26. The van der Waals surface area contributed by atoms with Gasteiger partial charge >= 0.3 is 0 Å². The molecule has 0 saturated carbocycles. The van der Waals surface area contributed by atoms with Gasteiger partial charge in [0.2, 0.25) is 5.91 Å². The second kappa shape index (κ2) is 8.27. The van der Waals surface area contributed by atoms with Gasteiger partial charge in [-0.15, -0.1) is 0 Å². The van der Waals surface area contributed by atoms with Crippen molar-refractivity contribution in [3.63, 3.8) is 0 Å². The van der Waals surface area contributed by atoms with Crippen LogP contribution in [0.2, 0.25) is 0 Å². The molecule has 1 rings (SSSR count). The van der Waals surface area contributed by atoms with Crippen molar-refractivity contribution in [2.45, 2.75) is 26.2 Å². The van der Waals surface area contributed by atoms with E-state index in [-0.39, 0.29) is 12.5 Å². The summed E-state index contributed by atoms with van der Waals surface area (Å²) >= 11 is 3.36. The van der Waals surface area contributed by atoms with E-state index in [1.165, 1.54) is 0 Å². The molecule has 100 valence electrons. The van der Waals surface area contributed by atoms with Crippen molar-refractivity contribution in [3.8, 4) is 0 Å². The molecule has 1 aromatic carbocycles. The summed E-state index contributed by atoms with van der Waals surface area (Å²) in [4.78, 5) is 11.6. The van der Waals surface area contributed by atoms with Crippen molar-refractivity contribution >= 4 is 21.8 Å². The van der Waals surface area contributed by atoms with Crippen molar-refractivity contribution in [2.75, 3.05) is 13.2 Å². The smallest absolute Gasteiger partial charge is 0.224 e. The standard InChI is InChI=1S/C14H20BrNO2/c1-11(10-17)3-2-8-16-14(18)9-12-4-6-13(15)7-5-12/h4-7,11,17H,2-3,8-10H2,1H3,(H,16,18). The van der Waals surface area contributed by atoms with Crippen LogP contribution in [0.3, 0.4) is 0 Å². The Morgan fingerprint density at radius 2 is 2.06 bits per heavy atom. The third-order valence-corrected chi connectivity index (χ3v) is 3.31. The van der Waals surface area contributed by atoms with Gasteiger partial charge in [0.25, 0.3) is 0 Å². The molecule has 0 bridgehead atoms. The van der Waals surface area contributed by atoms with Crippen LogP contribution in [0.15, 0.2) is 28.7 Å². The van der Waals surface area contributed by atoms with E-state index in [2.05, 4.69) is 21.2 Å². The van der Waals surface area contributed by atoms with Gasteiger partial charge in [-0.3, -0.25) is 4.79 Å². The Bertz CT molecular complexity index is 365. The first-order chi connectivity index (χ1) is 8.61. The van der Waals surface area contributed by atoms with E-state index >= 15 is 0 Å². The number of amides is 1. The van der Waals surface area contributed by atoms with Crippen molar-refractivity contribution in [3.05, 3.63) is 34.3 Å². The van der Waals surface area contributed by atoms with Gasteiger partial charge in [-0.2, -0.15) is 0 Å². The largest absolute Gasteiger partial charge is 0.396 e. The number of nitrogens with one attached hydrogen (secondary N) is 1. The Morgan fingerprint density at radius 3 is 2.67 bits per heavy atom. The van der Waals surface area contributed by atoms with Crippen LogP contribution < -0.4 is 5.32 Å². The van der Waals surface area contributed by atoms with Crippen LogP contribution in [-0.4, -0.2) is 24.2 Å². The van der Waals surface area contributed by atoms with Crippen molar-refractivity contribution in [1.29, 1.82) is 0 Å². The van der Waals surface area contributed by atoms with Gasteiger partial charge in [-0.25, -0.2) is 0 Å². The van der Waals surface area contributed by atoms with Gasteiger partial charge in [-0.1, -0.05) is 35.0 Å². The zero-order valence-corrected chi connectivity index (χ0v) is 12.2. The lowest BCUT2D eigenvalue weighted by molar-refractivity contribution is -0.120. The van der Waals surface area contributed by atoms with E-state index in [1.807, 2.05) is 31.2 Å². The molecule has 1 amide bonds. The molecule has 4 heteroatoms. The van der Waals surface area contributed by atoms with E-state index in [1.54, 1.807) is 0 Å². The summed E-state index contributed by atoms with van der Waals surface area (Å²) in [5.41, 5.74) is 1.01. The number of aliphatic hydroxyl groups is 1. The maximum absolute atomic E-state index is 11.6. The zero-order chi connectivity index (χ0) is 13.4. The molecule has 1 atom stereocenters. The summed E-state index contributed by atoms with van der Waals surface area (Å²) in [6.45, 7) is 2.90. The fraction of sp³-hybridized carbons (Fsp3) is 0.500. The molecule has 0 aromatic heterocycles. The van der Waals surface area contributed by atoms with E-state index < -0.39 is 0 Å². The van der Waals surface area contributed by atoms with Crippen molar-refractivity contribution in [1.82, 2.24) is 5.32 Å². The molecule has 0 heterocycles. The van der Waals surface area contributed by atoms with E-state index in [0.717, 1.165) is 22.9 Å². The minimum Gasteiger partial charge on any atom is -0.396 e. The number of benzene rings is 1. The number of aliphatic hydroxyl groups excluding tert-OH is 1. The monoisotopic (exact) mass is 313 g/mol. The summed E-state index contributed by atoms with van der Waals surface area (Å²) in [6, 6.07) is 7.76. The van der Waals surface area contributed by atoms with E-state index in [9.17, 15) is 4.79 Å². The highest BCUT2D eigenvalue weighted by atomic mass is 79.9. The molecular weight excluding hydrogens is 294 g/mol. The number of hydrogen-bond acceptors (Lipinski definition) is 2. The van der Waals surface area contributed by atoms with Gasteiger partial charge < -0.3 is 10.4 Å². The Morgan fingerprint density at radius 1 is 1.39 bits per heavy atom. The molecular formula is C14H20BrNO2. The summed E-state index contributed by atoms with van der Waals surface area (Å²) in [7, 11) is 0. The van der Waals surface area contributed by atoms with Gasteiger partial charge in [0.1, 0.15) is 0 Å². The quantitative estimate of drug-likeness (QED) is 0.760. The highest BCUT2D eigenvalue weighted by molar-refractivity contribution is 9.10. The second-order valence-electron chi connectivity index (χ2n) is 4.58. The molecule has 3 nitrogen and oxygen atoms in total. The average Bonchev–Trinajstić information content (AvgIpc) is 2.37. The molecule has 1 aromatic rings. The molecule has 0 aliphatic carbocycles.